The molecular weight excluding hydrogens is 538 g/mol. The zero-order valence-corrected chi connectivity index (χ0v) is 25.6. The number of rotatable bonds is 13. The average Bonchev–Trinajstić information content (AvgIpc) is 2.93. The van der Waals surface area contributed by atoms with Crippen LogP contribution in [-0.2, 0) is 32.6 Å². The van der Waals surface area contributed by atoms with Crippen LogP contribution < -0.4 is 14.4 Å². The summed E-state index contributed by atoms with van der Waals surface area (Å²) in [5.41, 5.74) is 3.82. The van der Waals surface area contributed by atoms with E-state index in [9.17, 15) is 18.0 Å². The molecular formula is C32H41N3O5S. The van der Waals surface area contributed by atoms with Gasteiger partial charge in [-0.1, -0.05) is 73.2 Å². The summed E-state index contributed by atoms with van der Waals surface area (Å²) in [5.74, 6) is -0.460. The number of aryl methyl sites for hydroxylation is 2. The highest BCUT2D eigenvalue weighted by Gasteiger charge is 2.34. The largest absolute Gasteiger partial charge is 0.495 e. The van der Waals surface area contributed by atoms with Crippen molar-refractivity contribution in [1.82, 2.24) is 10.2 Å². The minimum atomic E-state index is -3.90. The molecule has 0 saturated heterocycles. The van der Waals surface area contributed by atoms with Gasteiger partial charge in [0.15, 0.2) is 0 Å². The number of nitrogens with zero attached hydrogens (tertiary/aromatic N) is 2. The third-order valence-corrected chi connectivity index (χ3v) is 8.12. The Balaban J connectivity index is 2.10. The minimum absolute atomic E-state index is 0.0965. The van der Waals surface area contributed by atoms with E-state index in [2.05, 4.69) is 5.32 Å². The van der Waals surface area contributed by atoms with Crippen LogP contribution in [0.25, 0.3) is 0 Å². The highest BCUT2D eigenvalue weighted by molar-refractivity contribution is 7.92. The molecule has 3 aromatic carbocycles. The fourth-order valence-electron chi connectivity index (χ4n) is 4.59. The maximum Gasteiger partial charge on any atom is 0.244 e. The van der Waals surface area contributed by atoms with E-state index in [-0.39, 0.29) is 30.6 Å². The van der Waals surface area contributed by atoms with Crippen LogP contribution in [0.2, 0.25) is 0 Å². The van der Waals surface area contributed by atoms with Gasteiger partial charge in [-0.15, -0.1) is 0 Å². The number of benzene rings is 3. The highest BCUT2D eigenvalue weighted by Crippen LogP contribution is 2.31. The van der Waals surface area contributed by atoms with Gasteiger partial charge in [0, 0.05) is 19.0 Å². The zero-order valence-electron chi connectivity index (χ0n) is 24.8. The van der Waals surface area contributed by atoms with Crippen molar-refractivity contribution in [2.24, 2.45) is 0 Å². The predicted molar refractivity (Wildman–Crippen MR) is 163 cm³/mol. The highest BCUT2D eigenvalue weighted by atomic mass is 32.2. The van der Waals surface area contributed by atoms with Crippen LogP contribution in [0.4, 0.5) is 5.69 Å². The molecule has 0 bridgehead atoms. The molecule has 0 aliphatic rings. The van der Waals surface area contributed by atoms with Gasteiger partial charge in [0.2, 0.25) is 21.8 Å². The van der Waals surface area contributed by atoms with E-state index in [4.69, 9.17) is 4.74 Å². The van der Waals surface area contributed by atoms with Crippen LogP contribution in [0.1, 0.15) is 42.5 Å². The van der Waals surface area contributed by atoms with Gasteiger partial charge in [-0.05, 0) is 56.0 Å². The summed E-state index contributed by atoms with van der Waals surface area (Å²) >= 11 is 0. The SMILES string of the molecule is CCC(C)NC(=O)C(Cc1ccccc1)N(Cc1cccc(C)c1)C(=O)CN(c1cc(C)ccc1OC)S(C)(=O)=O. The summed E-state index contributed by atoms with van der Waals surface area (Å²) in [4.78, 5) is 29.5. The Hall–Kier alpha value is -3.85. The van der Waals surface area contributed by atoms with E-state index >= 15 is 0 Å². The maximum absolute atomic E-state index is 14.2. The van der Waals surface area contributed by atoms with Gasteiger partial charge in [0.25, 0.3) is 0 Å². The van der Waals surface area contributed by atoms with Crippen LogP contribution >= 0.6 is 0 Å². The molecule has 3 aromatic rings. The number of methoxy groups -OCH3 is 1. The molecule has 3 rings (SSSR count). The van der Waals surface area contributed by atoms with Crippen LogP contribution in [0, 0.1) is 13.8 Å². The van der Waals surface area contributed by atoms with Gasteiger partial charge < -0.3 is 15.0 Å². The Morgan fingerprint density at radius 2 is 1.59 bits per heavy atom. The molecule has 0 radical (unpaired) electrons. The molecule has 0 aliphatic carbocycles. The lowest BCUT2D eigenvalue weighted by molar-refractivity contribution is -0.140. The number of nitrogens with one attached hydrogen (secondary N) is 1. The third kappa shape index (κ3) is 8.82. The van der Waals surface area contributed by atoms with Crippen molar-refractivity contribution in [1.29, 1.82) is 0 Å². The molecule has 2 amide bonds. The van der Waals surface area contributed by atoms with Crippen molar-refractivity contribution in [3.8, 4) is 5.75 Å². The molecule has 2 atom stereocenters. The second-order valence-electron chi connectivity index (χ2n) is 10.5. The van der Waals surface area contributed by atoms with Crippen LogP contribution in [0.5, 0.6) is 5.75 Å². The summed E-state index contributed by atoms with van der Waals surface area (Å²) in [5, 5.41) is 3.04. The van der Waals surface area contributed by atoms with Crippen molar-refractivity contribution < 1.29 is 22.7 Å². The average molecular weight is 580 g/mol. The molecule has 0 aliphatic heterocycles. The van der Waals surface area contributed by atoms with Crippen LogP contribution in [-0.4, -0.2) is 57.1 Å². The Kier molecular flexibility index (Phi) is 10.9. The molecule has 41 heavy (non-hydrogen) atoms. The predicted octanol–water partition coefficient (Wildman–Crippen LogP) is 4.63. The van der Waals surface area contributed by atoms with E-state index in [0.717, 1.165) is 39.2 Å². The second kappa shape index (κ2) is 14.2. The quantitative estimate of drug-likeness (QED) is 0.319. The monoisotopic (exact) mass is 579 g/mol. The number of ether oxygens (including phenoxy) is 1. The molecule has 8 nitrogen and oxygen atoms in total. The normalized spacial score (nSPS) is 12.7. The molecule has 0 spiro atoms. The summed E-state index contributed by atoms with van der Waals surface area (Å²) < 4.78 is 32.6. The van der Waals surface area contributed by atoms with Crippen molar-refractivity contribution >= 4 is 27.5 Å². The summed E-state index contributed by atoms with van der Waals surface area (Å²) in [6.07, 6.45) is 2.06. The summed E-state index contributed by atoms with van der Waals surface area (Å²) in [6, 6.07) is 21.4. The Labute approximate surface area is 244 Å². The summed E-state index contributed by atoms with van der Waals surface area (Å²) in [7, 11) is -2.44. The number of hydrogen-bond acceptors (Lipinski definition) is 5. The molecule has 2 unspecified atom stereocenters. The van der Waals surface area contributed by atoms with Gasteiger partial charge in [0.05, 0.1) is 19.1 Å². The van der Waals surface area contributed by atoms with Crippen LogP contribution in [0.15, 0.2) is 72.8 Å². The first-order valence-electron chi connectivity index (χ1n) is 13.7. The minimum Gasteiger partial charge on any atom is -0.495 e. The maximum atomic E-state index is 14.2. The van der Waals surface area contributed by atoms with E-state index < -0.39 is 28.5 Å². The molecule has 9 heteroatoms. The molecule has 0 heterocycles. The topological polar surface area (TPSA) is 96.0 Å². The molecule has 220 valence electrons. The number of carbonyl (C=O) groups excluding carboxylic acids is 2. The molecule has 0 aromatic heterocycles. The van der Waals surface area contributed by atoms with E-state index in [1.165, 1.54) is 12.0 Å². The lowest BCUT2D eigenvalue weighted by atomic mass is 10.0. The van der Waals surface area contributed by atoms with Crippen molar-refractivity contribution in [3.63, 3.8) is 0 Å². The smallest absolute Gasteiger partial charge is 0.244 e. The van der Waals surface area contributed by atoms with E-state index in [1.54, 1.807) is 12.1 Å². The first-order chi connectivity index (χ1) is 19.4. The van der Waals surface area contributed by atoms with Gasteiger partial charge in [-0.25, -0.2) is 8.42 Å². The molecule has 0 saturated carbocycles. The lowest BCUT2D eigenvalue weighted by Crippen LogP contribution is -2.54. The summed E-state index contributed by atoms with van der Waals surface area (Å²) in [6.45, 7) is 7.33. The standard InChI is InChI=1S/C32H41N3O5S/c1-7-25(4)33-32(37)29(20-26-13-9-8-10-14-26)34(21-27-15-11-12-23(2)18-27)31(36)22-35(41(6,38)39)28-19-24(3)16-17-30(28)40-5/h8-19,25,29H,7,20-22H2,1-6H3,(H,33,37). The first-order valence-corrected chi connectivity index (χ1v) is 15.6. The fourth-order valence-corrected chi connectivity index (χ4v) is 5.44. The molecule has 0 fully saturated rings. The van der Waals surface area contributed by atoms with Crippen molar-refractivity contribution in [2.45, 2.75) is 59.2 Å². The number of sulfonamides is 1. The zero-order chi connectivity index (χ0) is 30.2. The van der Waals surface area contributed by atoms with Gasteiger partial charge in [0.1, 0.15) is 18.3 Å². The Morgan fingerprint density at radius 3 is 2.20 bits per heavy atom. The third-order valence-electron chi connectivity index (χ3n) is 6.99. The second-order valence-corrected chi connectivity index (χ2v) is 12.4. The van der Waals surface area contributed by atoms with Gasteiger partial charge in [-0.3, -0.25) is 13.9 Å². The van der Waals surface area contributed by atoms with E-state index in [1.807, 2.05) is 88.4 Å². The van der Waals surface area contributed by atoms with E-state index in [0.29, 0.717) is 5.75 Å². The first kappa shape index (κ1) is 31.7. The van der Waals surface area contributed by atoms with Crippen molar-refractivity contribution in [3.05, 3.63) is 95.1 Å². The lowest BCUT2D eigenvalue weighted by Gasteiger charge is -2.34. The van der Waals surface area contributed by atoms with Crippen molar-refractivity contribution in [2.75, 3.05) is 24.2 Å². The van der Waals surface area contributed by atoms with Gasteiger partial charge >= 0.3 is 0 Å². The fraction of sp³-hybridized carbons (Fsp3) is 0.375. The van der Waals surface area contributed by atoms with Gasteiger partial charge in [-0.2, -0.15) is 0 Å². The number of hydrogen-bond donors (Lipinski definition) is 1. The van der Waals surface area contributed by atoms with Crippen LogP contribution in [0.3, 0.4) is 0 Å². The Bertz CT molecular complexity index is 1440. The number of amides is 2. The number of carbonyl (C=O) groups is 2. The Morgan fingerprint density at radius 1 is 0.927 bits per heavy atom. The number of anilines is 1. The molecule has 1 N–H and O–H groups in total.